The monoisotopic (exact) mass is 441 g/mol. The number of anilines is 1. The summed E-state index contributed by atoms with van der Waals surface area (Å²) in [6.07, 6.45) is -0.0442. The van der Waals surface area contributed by atoms with Crippen LogP contribution in [-0.4, -0.2) is 58.0 Å². The van der Waals surface area contributed by atoms with Gasteiger partial charge in [-0.1, -0.05) is 6.07 Å². The van der Waals surface area contributed by atoms with Crippen molar-refractivity contribution < 1.29 is 28.5 Å². The van der Waals surface area contributed by atoms with E-state index >= 15 is 0 Å². The van der Waals surface area contributed by atoms with Gasteiger partial charge in [-0.3, -0.25) is 15.0 Å². The topological polar surface area (TPSA) is 124 Å². The van der Waals surface area contributed by atoms with Crippen LogP contribution in [0.5, 0.6) is 5.75 Å². The van der Waals surface area contributed by atoms with Gasteiger partial charge >= 0.3 is 11.9 Å². The highest BCUT2D eigenvalue weighted by atomic mass is 16.5. The van der Waals surface area contributed by atoms with Crippen molar-refractivity contribution in [3.05, 3.63) is 59.2 Å². The van der Waals surface area contributed by atoms with Gasteiger partial charge in [0.05, 0.1) is 27.1 Å². The third kappa shape index (κ3) is 5.98. The summed E-state index contributed by atoms with van der Waals surface area (Å²) in [6.45, 7) is 1.41. The summed E-state index contributed by atoms with van der Waals surface area (Å²) in [5, 5.41) is 7.48. The summed E-state index contributed by atoms with van der Waals surface area (Å²) in [7, 11) is 2.64. The number of carbonyl (C=O) groups is 2. The first kappa shape index (κ1) is 23.1. The molecule has 0 aliphatic carbocycles. The van der Waals surface area contributed by atoms with Crippen LogP contribution in [0, 0.1) is 5.41 Å². The number of ether oxygens (including phenoxy) is 4. The van der Waals surface area contributed by atoms with Gasteiger partial charge in [-0.25, -0.2) is 0 Å². The minimum atomic E-state index is -0.404. The van der Waals surface area contributed by atoms with Gasteiger partial charge < -0.3 is 29.6 Å². The molecule has 32 heavy (non-hydrogen) atoms. The minimum absolute atomic E-state index is 0.0317. The smallest absolute Gasteiger partial charge is 0.309 e. The van der Waals surface area contributed by atoms with Gasteiger partial charge in [0.1, 0.15) is 31.0 Å². The van der Waals surface area contributed by atoms with Crippen molar-refractivity contribution in [1.82, 2.24) is 0 Å². The summed E-state index contributed by atoms with van der Waals surface area (Å²) in [4.78, 5) is 25.5. The van der Waals surface area contributed by atoms with E-state index in [1.807, 2.05) is 12.1 Å². The molecule has 2 aromatic rings. The van der Waals surface area contributed by atoms with Crippen molar-refractivity contribution >= 4 is 23.5 Å². The number of methoxy groups -OCH3 is 2. The van der Waals surface area contributed by atoms with Crippen LogP contribution in [0.3, 0.4) is 0 Å². The molecule has 0 bridgehead atoms. The van der Waals surface area contributed by atoms with Crippen LogP contribution in [0.2, 0.25) is 0 Å². The highest BCUT2D eigenvalue weighted by Crippen LogP contribution is 2.23. The minimum Gasteiger partial charge on any atom is -0.491 e. The molecule has 3 N–H and O–H groups in total. The SMILES string of the molecule is COC(=O)Cc1ccc(OCC2CN(c3ccc(C(=N)N)cc3)CO2)cc1CC(=O)OC. The lowest BCUT2D eigenvalue weighted by molar-refractivity contribution is -0.141. The van der Waals surface area contributed by atoms with E-state index in [9.17, 15) is 9.59 Å². The first-order chi connectivity index (χ1) is 15.4. The van der Waals surface area contributed by atoms with Gasteiger partial charge in [-0.15, -0.1) is 0 Å². The van der Waals surface area contributed by atoms with Crippen LogP contribution >= 0.6 is 0 Å². The lowest BCUT2D eigenvalue weighted by Gasteiger charge is -2.17. The number of nitrogens with one attached hydrogen (secondary N) is 1. The van der Waals surface area contributed by atoms with Gasteiger partial charge in [-0.2, -0.15) is 0 Å². The van der Waals surface area contributed by atoms with Crippen LogP contribution in [0.25, 0.3) is 0 Å². The van der Waals surface area contributed by atoms with Gasteiger partial charge in [0, 0.05) is 17.8 Å². The molecule has 9 heteroatoms. The zero-order valence-electron chi connectivity index (χ0n) is 18.1. The summed E-state index contributed by atoms with van der Waals surface area (Å²) in [5.74, 6) is -0.186. The predicted octanol–water partition coefficient (Wildman–Crippen LogP) is 1.64. The van der Waals surface area contributed by atoms with E-state index in [0.29, 0.717) is 42.3 Å². The van der Waals surface area contributed by atoms with Crippen LogP contribution in [0.4, 0.5) is 5.69 Å². The van der Waals surface area contributed by atoms with Gasteiger partial charge in [0.25, 0.3) is 0 Å². The Morgan fingerprint density at radius 2 is 1.72 bits per heavy atom. The third-order valence-corrected chi connectivity index (χ3v) is 5.17. The quantitative estimate of drug-likeness (QED) is 0.342. The number of hydrogen-bond acceptors (Lipinski definition) is 8. The van der Waals surface area contributed by atoms with E-state index in [1.54, 1.807) is 30.3 Å². The Kier molecular flexibility index (Phi) is 7.67. The van der Waals surface area contributed by atoms with Crippen molar-refractivity contribution in [2.24, 2.45) is 5.73 Å². The second-order valence-corrected chi connectivity index (χ2v) is 7.35. The molecule has 0 aromatic heterocycles. The second-order valence-electron chi connectivity index (χ2n) is 7.35. The van der Waals surface area contributed by atoms with Crippen LogP contribution in [0.1, 0.15) is 16.7 Å². The zero-order chi connectivity index (χ0) is 23.1. The summed E-state index contributed by atoms with van der Waals surface area (Å²) >= 11 is 0. The predicted molar refractivity (Wildman–Crippen MR) is 118 cm³/mol. The van der Waals surface area contributed by atoms with E-state index in [1.165, 1.54) is 14.2 Å². The molecule has 0 saturated carbocycles. The number of amidine groups is 1. The first-order valence-corrected chi connectivity index (χ1v) is 10.1. The molecule has 3 rings (SSSR count). The molecule has 1 unspecified atom stereocenters. The number of hydrogen-bond donors (Lipinski definition) is 2. The number of benzene rings is 2. The number of nitrogens with two attached hydrogens (primary N) is 1. The van der Waals surface area contributed by atoms with E-state index in [4.69, 9.17) is 30.1 Å². The fourth-order valence-electron chi connectivity index (χ4n) is 3.35. The van der Waals surface area contributed by atoms with Crippen molar-refractivity contribution in [3.63, 3.8) is 0 Å². The van der Waals surface area contributed by atoms with E-state index in [2.05, 4.69) is 4.90 Å². The Bertz CT molecular complexity index is 976. The van der Waals surface area contributed by atoms with Crippen molar-refractivity contribution in [2.45, 2.75) is 18.9 Å². The van der Waals surface area contributed by atoms with E-state index in [0.717, 1.165) is 5.69 Å². The maximum atomic E-state index is 11.8. The summed E-state index contributed by atoms with van der Waals surface area (Å²) in [6, 6.07) is 12.7. The fourth-order valence-corrected chi connectivity index (χ4v) is 3.35. The summed E-state index contributed by atoms with van der Waals surface area (Å²) in [5.41, 5.74) is 8.49. The Balaban J connectivity index is 1.61. The standard InChI is InChI=1S/C23H27N3O6/c1-29-21(27)10-16-5-8-19(9-17(16)11-22(28)30-2)31-13-20-12-26(14-32-20)18-6-3-15(4-7-18)23(24)25/h3-9,20H,10-14H2,1-2H3,(H3,24,25). The number of nitrogens with zero attached hydrogens (tertiary/aromatic N) is 1. The Hall–Kier alpha value is -3.59. The molecule has 0 amide bonds. The fraction of sp³-hybridized carbons (Fsp3) is 0.348. The second kappa shape index (κ2) is 10.6. The normalized spacial score (nSPS) is 15.3. The highest BCUT2D eigenvalue weighted by molar-refractivity contribution is 5.95. The molecule has 2 aromatic carbocycles. The molecule has 1 fully saturated rings. The van der Waals surface area contributed by atoms with Gasteiger partial charge in [0.15, 0.2) is 0 Å². The molecule has 1 aliphatic rings. The maximum absolute atomic E-state index is 11.8. The maximum Gasteiger partial charge on any atom is 0.309 e. The molecule has 1 atom stereocenters. The molecule has 0 spiro atoms. The average molecular weight is 441 g/mol. The lowest BCUT2D eigenvalue weighted by atomic mass is 10.0. The van der Waals surface area contributed by atoms with Gasteiger partial charge in [-0.05, 0) is 47.5 Å². The van der Waals surface area contributed by atoms with Gasteiger partial charge in [0.2, 0.25) is 0 Å². The molecule has 1 aliphatic heterocycles. The molecular formula is C23H27N3O6. The van der Waals surface area contributed by atoms with Crippen molar-refractivity contribution in [3.8, 4) is 5.75 Å². The largest absolute Gasteiger partial charge is 0.491 e. The van der Waals surface area contributed by atoms with Crippen molar-refractivity contribution in [2.75, 3.05) is 39.0 Å². The number of rotatable bonds is 9. The molecule has 0 radical (unpaired) electrons. The first-order valence-electron chi connectivity index (χ1n) is 10.1. The van der Waals surface area contributed by atoms with E-state index < -0.39 is 5.97 Å². The van der Waals surface area contributed by atoms with Crippen LogP contribution in [-0.2, 0) is 36.6 Å². The Morgan fingerprint density at radius 3 is 2.34 bits per heavy atom. The van der Waals surface area contributed by atoms with Crippen LogP contribution < -0.4 is 15.4 Å². The van der Waals surface area contributed by atoms with Crippen molar-refractivity contribution in [1.29, 1.82) is 5.41 Å². The third-order valence-electron chi connectivity index (χ3n) is 5.17. The highest BCUT2D eigenvalue weighted by Gasteiger charge is 2.24. The zero-order valence-corrected chi connectivity index (χ0v) is 18.1. The Labute approximate surface area is 186 Å². The Morgan fingerprint density at radius 1 is 1.06 bits per heavy atom. The lowest BCUT2D eigenvalue weighted by Crippen LogP contribution is -2.25. The number of nitrogen functional groups attached to an aromatic ring is 1. The summed E-state index contributed by atoms with van der Waals surface area (Å²) < 4.78 is 21.2. The molecule has 1 saturated heterocycles. The number of esters is 2. The molecule has 1 heterocycles. The van der Waals surface area contributed by atoms with Crippen LogP contribution in [0.15, 0.2) is 42.5 Å². The molecular weight excluding hydrogens is 414 g/mol. The number of carbonyl (C=O) groups excluding carboxylic acids is 2. The molecule has 170 valence electrons. The van der Waals surface area contributed by atoms with E-state index in [-0.39, 0.29) is 30.8 Å². The molecule has 9 nitrogen and oxygen atoms in total. The average Bonchev–Trinajstić information content (AvgIpc) is 3.28.